The Hall–Kier alpha value is -1.98. The lowest BCUT2D eigenvalue weighted by Crippen LogP contribution is -2.44. The number of aliphatic carboxylic acids is 1. The molecule has 6 nitrogen and oxygen atoms in total. The summed E-state index contributed by atoms with van der Waals surface area (Å²) >= 11 is 0. The molecule has 1 unspecified atom stereocenters. The summed E-state index contributed by atoms with van der Waals surface area (Å²) < 4.78 is 0. The second-order valence-corrected chi connectivity index (χ2v) is 4.37. The molecule has 1 atom stereocenters. The Bertz CT molecular complexity index is 435. The number of rotatable bonds is 3. The van der Waals surface area contributed by atoms with E-state index in [1.165, 1.54) is 18.7 Å². The van der Waals surface area contributed by atoms with Gasteiger partial charge in [0.15, 0.2) is 0 Å². The molecular formula is C12H15N3O3. The minimum Gasteiger partial charge on any atom is -0.481 e. The van der Waals surface area contributed by atoms with E-state index in [1.807, 2.05) is 0 Å². The maximum atomic E-state index is 12.2. The summed E-state index contributed by atoms with van der Waals surface area (Å²) in [6.07, 6.45) is 6.90. The molecule has 0 radical (unpaired) electrons. The summed E-state index contributed by atoms with van der Waals surface area (Å²) in [5.74, 6) is -1.05. The molecular weight excluding hydrogens is 234 g/mol. The zero-order chi connectivity index (χ0) is 13.0. The minimum absolute atomic E-state index is 0.000565. The summed E-state index contributed by atoms with van der Waals surface area (Å²) in [5.41, 5.74) is 0.412. The first-order chi connectivity index (χ1) is 8.68. The van der Waals surface area contributed by atoms with E-state index in [-0.39, 0.29) is 18.4 Å². The largest absolute Gasteiger partial charge is 0.481 e. The van der Waals surface area contributed by atoms with Gasteiger partial charge in [0.2, 0.25) is 0 Å². The van der Waals surface area contributed by atoms with Crippen LogP contribution in [0, 0.1) is 0 Å². The van der Waals surface area contributed by atoms with Gasteiger partial charge in [-0.2, -0.15) is 0 Å². The van der Waals surface area contributed by atoms with Crippen molar-refractivity contribution in [1.29, 1.82) is 0 Å². The van der Waals surface area contributed by atoms with Crippen LogP contribution in [0.3, 0.4) is 0 Å². The van der Waals surface area contributed by atoms with E-state index in [9.17, 15) is 9.59 Å². The molecule has 1 aromatic heterocycles. The maximum absolute atomic E-state index is 12.2. The number of carbonyl (C=O) groups is 2. The molecule has 18 heavy (non-hydrogen) atoms. The van der Waals surface area contributed by atoms with Crippen molar-refractivity contribution in [3.8, 4) is 0 Å². The Morgan fingerprint density at radius 1 is 1.33 bits per heavy atom. The fourth-order valence-corrected chi connectivity index (χ4v) is 2.26. The van der Waals surface area contributed by atoms with Crippen molar-refractivity contribution in [3.63, 3.8) is 0 Å². The number of amides is 1. The van der Waals surface area contributed by atoms with Gasteiger partial charge in [0.1, 0.15) is 6.33 Å². The first-order valence-electron chi connectivity index (χ1n) is 5.96. The average Bonchev–Trinajstić information content (AvgIpc) is 2.39. The lowest BCUT2D eigenvalue weighted by Gasteiger charge is -2.34. The predicted molar refractivity (Wildman–Crippen MR) is 63.0 cm³/mol. The van der Waals surface area contributed by atoms with Gasteiger partial charge in [-0.3, -0.25) is 9.59 Å². The number of carboxylic acid groups (broad SMARTS) is 1. The van der Waals surface area contributed by atoms with Crippen LogP contribution in [-0.2, 0) is 4.79 Å². The van der Waals surface area contributed by atoms with E-state index >= 15 is 0 Å². The van der Waals surface area contributed by atoms with Gasteiger partial charge < -0.3 is 10.0 Å². The molecule has 1 aliphatic heterocycles. The molecule has 96 valence electrons. The number of hydrogen-bond donors (Lipinski definition) is 1. The second-order valence-electron chi connectivity index (χ2n) is 4.37. The van der Waals surface area contributed by atoms with Gasteiger partial charge in [0.05, 0.1) is 12.0 Å². The highest BCUT2D eigenvalue weighted by Gasteiger charge is 2.29. The molecule has 6 heteroatoms. The van der Waals surface area contributed by atoms with Crippen molar-refractivity contribution in [1.82, 2.24) is 14.9 Å². The lowest BCUT2D eigenvalue weighted by atomic mass is 9.98. The van der Waals surface area contributed by atoms with Crippen LogP contribution >= 0.6 is 0 Å². The number of aromatic nitrogens is 2. The SMILES string of the molecule is O=C(O)CC1CCCCN1C(=O)c1cncnc1. The van der Waals surface area contributed by atoms with Crippen LogP contribution in [0.4, 0.5) is 0 Å². The van der Waals surface area contributed by atoms with Crippen LogP contribution in [0.15, 0.2) is 18.7 Å². The monoisotopic (exact) mass is 249 g/mol. The van der Waals surface area contributed by atoms with E-state index in [4.69, 9.17) is 5.11 Å². The van der Waals surface area contributed by atoms with Gasteiger partial charge in [-0.15, -0.1) is 0 Å². The zero-order valence-corrected chi connectivity index (χ0v) is 9.95. The topological polar surface area (TPSA) is 83.4 Å². The van der Waals surface area contributed by atoms with Crippen molar-refractivity contribution < 1.29 is 14.7 Å². The van der Waals surface area contributed by atoms with Crippen molar-refractivity contribution in [2.24, 2.45) is 0 Å². The Morgan fingerprint density at radius 3 is 2.72 bits per heavy atom. The lowest BCUT2D eigenvalue weighted by molar-refractivity contribution is -0.138. The highest BCUT2D eigenvalue weighted by atomic mass is 16.4. The fourth-order valence-electron chi connectivity index (χ4n) is 2.26. The van der Waals surface area contributed by atoms with E-state index in [2.05, 4.69) is 9.97 Å². The van der Waals surface area contributed by atoms with Gasteiger partial charge in [-0.1, -0.05) is 0 Å². The molecule has 0 aromatic carbocycles. The van der Waals surface area contributed by atoms with E-state index in [1.54, 1.807) is 4.90 Å². The fraction of sp³-hybridized carbons (Fsp3) is 0.500. The molecule has 1 amide bonds. The highest BCUT2D eigenvalue weighted by molar-refractivity contribution is 5.94. The molecule has 0 aliphatic carbocycles. The number of carbonyl (C=O) groups excluding carboxylic acids is 1. The Morgan fingerprint density at radius 2 is 2.06 bits per heavy atom. The average molecular weight is 249 g/mol. The van der Waals surface area contributed by atoms with Crippen molar-refractivity contribution in [3.05, 3.63) is 24.3 Å². The third-order valence-corrected chi connectivity index (χ3v) is 3.11. The summed E-state index contributed by atoms with van der Waals surface area (Å²) in [5, 5.41) is 8.87. The van der Waals surface area contributed by atoms with Crippen molar-refractivity contribution in [2.45, 2.75) is 31.7 Å². The van der Waals surface area contributed by atoms with E-state index in [0.29, 0.717) is 12.1 Å². The Kier molecular flexibility index (Phi) is 3.86. The first-order valence-corrected chi connectivity index (χ1v) is 5.96. The number of hydrogen-bond acceptors (Lipinski definition) is 4. The molecule has 2 rings (SSSR count). The second kappa shape index (κ2) is 5.57. The molecule has 0 spiro atoms. The quantitative estimate of drug-likeness (QED) is 0.862. The van der Waals surface area contributed by atoms with E-state index in [0.717, 1.165) is 19.3 Å². The number of likely N-dealkylation sites (tertiary alicyclic amines) is 1. The summed E-state index contributed by atoms with van der Waals surface area (Å²) in [6, 6.07) is -0.219. The Balaban J connectivity index is 2.13. The number of piperidine rings is 1. The molecule has 1 aromatic rings. The van der Waals surface area contributed by atoms with E-state index < -0.39 is 5.97 Å². The third kappa shape index (κ3) is 2.82. The van der Waals surface area contributed by atoms with Crippen LogP contribution in [0.2, 0.25) is 0 Å². The van der Waals surface area contributed by atoms with Gasteiger partial charge in [0, 0.05) is 25.0 Å². The standard InChI is InChI=1S/C12H15N3O3/c16-11(17)5-10-3-1-2-4-15(10)12(18)9-6-13-8-14-7-9/h6-8,10H,1-5H2,(H,16,17). The molecule has 1 fully saturated rings. The third-order valence-electron chi connectivity index (χ3n) is 3.11. The summed E-state index contributed by atoms with van der Waals surface area (Å²) in [7, 11) is 0. The van der Waals surface area contributed by atoms with Crippen molar-refractivity contribution >= 4 is 11.9 Å². The molecule has 0 bridgehead atoms. The Labute approximate surface area is 105 Å². The number of carboxylic acids is 1. The molecule has 1 N–H and O–H groups in total. The molecule has 1 aliphatic rings. The normalized spacial score (nSPS) is 19.6. The van der Waals surface area contributed by atoms with Crippen molar-refractivity contribution in [2.75, 3.05) is 6.54 Å². The van der Waals surface area contributed by atoms with Crippen LogP contribution in [0.25, 0.3) is 0 Å². The van der Waals surface area contributed by atoms with Crippen LogP contribution in [-0.4, -0.2) is 44.4 Å². The molecule has 1 saturated heterocycles. The van der Waals surface area contributed by atoms with Gasteiger partial charge in [-0.05, 0) is 19.3 Å². The minimum atomic E-state index is -0.871. The predicted octanol–water partition coefficient (Wildman–Crippen LogP) is 0.946. The van der Waals surface area contributed by atoms with Crippen LogP contribution in [0.5, 0.6) is 0 Å². The zero-order valence-electron chi connectivity index (χ0n) is 9.95. The first kappa shape index (κ1) is 12.5. The maximum Gasteiger partial charge on any atom is 0.305 e. The molecule has 0 saturated carbocycles. The van der Waals surface area contributed by atoms with Gasteiger partial charge >= 0.3 is 5.97 Å². The van der Waals surface area contributed by atoms with Gasteiger partial charge in [-0.25, -0.2) is 9.97 Å². The highest BCUT2D eigenvalue weighted by Crippen LogP contribution is 2.21. The molecule has 2 heterocycles. The smallest absolute Gasteiger partial charge is 0.305 e. The summed E-state index contributed by atoms with van der Waals surface area (Å²) in [6.45, 7) is 0.603. The van der Waals surface area contributed by atoms with Gasteiger partial charge in [0.25, 0.3) is 5.91 Å². The van der Waals surface area contributed by atoms with Crippen LogP contribution in [0.1, 0.15) is 36.0 Å². The summed E-state index contributed by atoms with van der Waals surface area (Å²) in [4.78, 5) is 32.3. The number of nitrogens with zero attached hydrogens (tertiary/aromatic N) is 3. The van der Waals surface area contributed by atoms with Crippen LogP contribution < -0.4 is 0 Å².